The van der Waals surface area contributed by atoms with E-state index in [0.29, 0.717) is 0 Å². The molecule has 0 aromatic rings. The van der Waals surface area contributed by atoms with Gasteiger partial charge in [0.15, 0.2) is 14.6 Å². The fourth-order valence-electron chi connectivity index (χ4n) is 3.47. The van der Waals surface area contributed by atoms with Crippen molar-refractivity contribution >= 4 is 9.84 Å². The third-order valence-electron chi connectivity index (χ3n) is 4.38. The van der Waals surface area contributed by atoms with Crippen LogP contribution in [0.5, 0.6) is 0 Å². The summed E-state index contributed by atoms with van der Waals surface area (Å²) in [5.74, 6) is -0.947. The average Bonchev–Trinajstić information content (AvgIpc) is 2.66. The maximum absolute atomic E-state index is 13.1. The number of ether oxygens (including phenoxy) is 1. The molecular weight excluding hydrogens is 245 g/mol. The van der Waals surface area contributed by atoms with Gasteiger partial charge < -0.3 is 4.74 Å². The summed E-state index contributed by atoms with van der Waals surface area (Å²) in [5, 5.41) is 0. The van der Waals surface area contributed by atoms with Crippen molar-refractivity contribution in [2.45, 2.75) is 36.5 Å². The fourth-order valence-corrected chi connectivity index (χ4v) is 6.11. The molecule has 3 aliphatic heterocycles. The topological polar surface area (TPSA) is 43.4 Å². The molecular formula is C9H11F3O3S. The molecule has 3 aliphatic rings. The minimum atomic E-state index is -4.72. The van der Waals surface area contributed by atoms with Crippen molar-refractivity contribution in [2.75, 3.05) is 5.75 Å². The van der Waals surface area contributed by atoms with Crippen molar-refractivity contribution in [1.29, 1.82) is 0 Å². The standard InChI is InChI=1S/C9H11F3O3S/c1-4-5-3-16(13,14)8(9(10,11)12)2-6(4)15-7(5)8/h4-7H,2-3H2,1H3. The van der Waals surface area contributed by atoms with Crippen LogP contribution in [0.15, 0.2) is 0 Å². The Balaban J connectivity index is 2.20. The first-order valence-electron chi connectivity index (χ1n) is 5.15. The molecule has 3 nitrogen and oxygen atoms in total. The van der Waals surface area contributed by atoms with Crippen molar-refractivity contribution in [2.24, 2.45) is 11.8 Å². The van der Waals surface area contributed by atoms with Gasteiger partial charge in [-0.25, -0.2) is 8.42 Å². The first-order chi connectivity index (χ1) is 7.21. The first kappa shape index (κ1) is 10.8. The highest BCUT2D eigenvalue weighted by atomic mass is 32.2. The van der Waals surface area contributed by atoms with E-state index < -0.39 is 45.3 Å². The molecule has 92 valence electrons. The highest BCUT2D eigenvalue weighted by molar-refractivity contribution is 7.93. The Morgan fingerprint density at radius 2 is 2.00 bits per heavy atom. The number of alkyl halides is 3. The van der Waals surface area contributed by atoms with Gasteiger partial charge in [0, 0.05) is 12.3 Å². The Morgan fingerprint density at radius 1 is 1.38 bits per heavy atom. The molecule has 5 atom stereocenters. The highest BCUT2D eigenvalue weighted by Gasteiger charge is 2.81. The van der Waals surface area contributed by atoms with Crippen molar-refractivity contribution in [3.8, 4) is 0 Å². The van der Waals surface area contributed by atoms with Gasteiger partial charge in [-0.2, -0.15) is 13.2 Å². The van der Waals surface area contributed by atoms with E-state index in [-0.39, 0.29) is 11.7 Å². The van der Waals surface area contributed by atoms with Crippen LogP contribution in [0.4, 0.5) is 13.2 Å². The lowest BCUT2D eigenvalue weighted by molar-refractivity contribution is -0.173. The second-order valence-electron chi connectivity index (χ2n) is 4.99. The van der Waals surface area contributed by atoms with E-state index in [0.717, 1.165) is 0 Å². The van der Waals surface area contributed by atoms with Crippen LogP contribution in [0.25, 0.3) is 0 Å². The zero-order valence-electron chi connectivity index (χ0n) is 8.49. The third kappa shape index (κ3) is 0.895. The van der Waals surface area contributed by atoms with Crippen LogP contribution >= 0.6 is 0 Å². The van der Waals surface area contributed by atoms with Crippen LogP contribution in [0, 0.1) is 11.8 Å². The number of fused-ring (bicyclic) bond motifs is 1. The zero-order chi connectivity index (χ0) is 11.9. The van der Waals surface area contributed by atoms with Crippen molar-refractivity contribution in [3.05, 3.63) is 0 Å². The molecule has 16 heavy (non-hydrogen) atoms. The van der Waals surface area contributed by atoms with E-state index >= 15 is 0 Å². The number of hydrogen-bond donors (Lipinski definition) is 0. The Morgan fingerprint density at radius 3 is 2.50 bits per heavy atom. The van der Waals surface area contributed by atoms with Gasteiger partial charge in [-0.1, -0.05) is 6.92 Å². The van der Waals surface area contributed by atoms with Crippen molar-refractivity contribution in [1.82, 2.24) is 0 Å². The Bertz CT molecular complexity index is 443. The molecule has 5 unspecified atom stereocenters. The monoisotopic (exact) mass is 256 g/mol. The van der Waals surface area contributed by atoms with Crippen LogP contribution in [-0.2, 0) is 14.6 Å². The van der Waals surface area contributed by atoms with Crippen LogP contribution in [0.1, 0.15) is 13.3 Å². The number of rotatable bonds is 0. The summed E-state index contributed by atoms with van der Waals surface area (Å²) in [6, 6.07) is 0. The minimum absolute atomic E-state index is 0.0854. The van der Waals surface area contributed by atoms with Gasteiger partial charge in [0.1, 0.15) is 0 Å². The van der Waals surface area contributed by atoms with E-state index in [1.54, 1.807) is 6.92 Å². The van der Waals surface area contributed by atoms with E-state index in [1.807, 2.05) is 0 Å². The summed E-state index contributed by atoms with van der Waals surface area (Å²) >= 11 is 0. The van der Waals surface area contributed by atoms with Gasteiger partial charge in [0.25, 0.3) is 0 Å². The summed E-state index contributed by atoms with van der Waals surface area (Å²) < 4.78 is 65.4. The van der Waals surface area contributed by atoms with E-state index in [1.165, 1.54) is 0 Å². The van der Waals surface area contributed by atoms with Crippen LogP contribution in [0.2, 0.25) is 0 Å². The molecule has 0 aromatic heterocycles. The third-order valence-corrected chi connectivity index (χ3v) is 6.95. The predicted molar refractivity (Wildman–Crippen MR) is 48.5 cm³/mol. The summed E-state index contributed by atoms with van der Waals surface area (Å²) in [4.78, 5) is 0. The van der Waals surface area contributed by atoms with Crippen LogP contribution in [0.3, 0.4) is 0 Å². The molecule has 0 amide bonds. The minimum Gasteiger partial charge on any atom is -0.372 e. The molecule has 0 N–H and O–H groups in total. The Labute approximate surface area is 90.9 Å². The molecule has 3 heterocycles. The summed E-state index contributed by atoms with van der Waals surface area (Å²) in [5.41, 5.74) is 0. The lowest BCUT2D eigenvalue weighted by atomic mass is 9.75. The molecule has 0 aliphatic carbocycles. The molecule has 3 saturated heterocycles. The lowest BCUT2D eigenvalue weighted by Gasteiger charge is -2.32. The second-order valence-corrected chi connectivity index (χ2v) is 7.28. The predicted octanol–water partition coefficient (Wildman–Crippen LogP) is 1.14. The molecule has 3 fully saturated rings. The largest absolute Gasteiger partial charge is 0.410 e. The second kappa shape index (κ2) is 2.58. The maximum atomic E-state index is 13.1. The Kier molecular flexibility index (Phi) is 1.75. The number of halogens is 3. The molecule has 3 rings (SSSR count). The lowest BCUT2D eigenvalue weighted by Crippen LogP contribution is -2.55. The summed E-state index contributed by atoms with van der Waals surface area (Å²) in [7, 11) is -4.13. The molecule has 0 spiro atoms. The van der Waals surface area contributed by atoms with Crippen LogP contribution < -0.4 is 0 Å². The number of sulfone groups is 1. The normalized spacial score (nSPS) is 53.5. The fraction of sp³-hybridized carbons (Fsp3) is 1.00. The molecule has 2 bridgehead atoms. The van der Waals surface area contributed by atoms with Crippen molar-refractivity contribution < 1.29 is 26.3 Å². The highest BCUT2D eigenvalue weighted by Crippen LogP contribution is 2.63. The van der Waals surface area contributed by atoms with Gasteiger partial charge in [-0.05, 0) is 5.92 Å². The van der Waals surface area contributed by atoms with Crippen molar-refractivity contribution in [3.63, 3.8) is 0 Å². The quantitative estimate of drug-likeness (QED) is 0.652. The Hall–Kier alpha value is -0.300. The number of hydrogen-bond acceptors (Lipinski definition) is 3. The van der Waals surface area contributed by atoms with Gasteiger partial charge in [-0.15, -0.1) is 0 Å². The van der Waals surface area contributed by atoms with Gasteiger partial charge >= 0.3 is 6.18 Å². The smallest absolute Gasteiger partial charge is 0.372 e. The van der Waals surface area contributed by atoms with E-state index in [4.69, 9.17) is 4.74 Å². The van der Waals surface area contributed by atoms with E-state index in [2.05, 4.69) is 0 Å². The molecule has 0 radical (unpaired) electrons. The van der Waals surface area contributed by atoms with Gasteiger partial charge in [-0.3, -0.25) is 0 Å². The molecule has 7 heteroatoms. The maximum Gasteiger partial charge on any atom is 0.410 e. The zero-order valence-corrected chi connectivity index (χ0v) is 9.31. The molecule has 0 aromatic carbocycles. The van der Waals surface area contributed by atoms with Crippen LogP contribution in [-0.4, -0.2) is 37.3 Å². The molecule has 0 saturated carbocycles. The van der Waals surface area contributed by atoms with Gasteiger partial charge in [0.05, 0.1) is 18.0 Å². The first-order valence-corrected chi connectivity index (χ1v) is 6.80. The summed E-state index contributed by atoms with van der Waals surface area (Å²) in [6.07, 6.45) is -6.85. The average molecular weight is 256 g/mol. The summed E-state index contributed by atoms with van der Waals surface area (Å²) in [6.45, 7) is 1.77. The van der Waals surface area contributed by atoms with Gasteiger partial charge in [0.2, 0.25) is 0 Å². The SMILES string of the molecule is CC1C2CC3(C(F)(F)F)C(O2)C1CS3(=O)=O. The van der Waals surface area contributed by atoms with E-state index in [9.17, 15) is 21.6 Å².